The SMILES string of the molecule is CC(C)Oc1nn(C2CCCCC2)c2nc(C(=O)NS(C)(=O)=O)cc(-c3ccc(C(=O)N4CCN(C)CC4)cc3)c12. The van der Waals surface area contributed by atoms with Crippen LogP contribution in [0.3, 0.4) is 0 Å². The minimum Gasteiger partial charge on any atom is -0.473 e. The van der Waals surface area contributed by atoms with Gasteiger partial charge in [0.25, 0.3) is 11.8 Å². The Kier molecular flexibility index (Phi) is 8.32. The largest absolute Gasteiger partial charge is 0.473 e. The number of sulfonamides is 1. The van der Waals surface area contributed by atoms with Gasteiger partial charge in [0.1, 0.15) is 5.69 Å². The van der Waals surface area contributed by atoms with E-state index in [0.29, 0.717) is 41.1 Å². The predicted octanol–water partition coefficient (Wildman–Crippen LogP) is 3.47. The van der Waals surface area contributed by atoms with Gasteiger partial charge in [0, 0.05) is 37.3 Å². The molecule has 2 aromatic heterocycles. The van der Waals surface area contributed by atoms with Gasteiger partial charge in [0.05, 0.1) is 23.8 Å². The fourth-order valence-corrected chi connectivity index (χ4v) is 5.98. The normalized spacial score (nSPS) is 17.2. The van der Waals surface area contributed by atoms with Crippen LogP contribution in [-0.4, -0.2) is 90.4 Å². The first-order valence-electron chi connectivity index (χ1n) is 14.2. The van der Waals surface area contributed by atoms with Gasteiger partial charge in [-0.1, -0.05) is 31.4 Å². The maximum atomic E-state index is 13.2. The molecule has 2 fully saturated rings. The molecule has 1 aromatic carbocycles. The van der Waals surface area contributed by atoms with Crippen molar-refractivity contribution in [2.24, 2.45) is 0 Å². The van der Waals surface area contributed by atoms with Gasteiger partial charge in [-0.2, -0.15) is 0 Å². The van der Waals surface area contributed by atoms with Gasteiger partial charge in [-0.25, -0.2) is 22.8 Å². The van der Waals surface area contributed by atoms with Crippen molar-refractivity contribution in [2.45, 2.75) is 58.1 Å². The van der Waals surface area contributed by atoms with Crippen molar-refractivity contribution in [2.75, 3.05) is 39.5 Å². The summed E-state index contributed by atoms with van der Waals surface area (Å²) in [6, 6.07) is 8.91. The number of piperazine rings is 1. The van der Waals surface area contributed by atoms with E-state index in [4.69, 9.17) is 9.84 Å². The van der Waals surface area contributed by atoms with Gasteiger partial charge in [0.15, 0.2) is 5.65 Å². The number of benzene rings is 1. The molecule has 5 rings (SSSR count). The second-order valence-corrected chi connectivity index (χ2v) is 13.1. The monoisotopic (exact) mass is 582 g/mol. The predicted molar refractivity (Wildman–Crippen MR) is 157 cm³/mol. The standard InChI is InChI=1S/C29H38N6O5S/c1-19(2)40-28-25-23(20-10-12-21(13-11-20)29(37)34-16-14-33(3)15-17-34)18-24(27(36)32-41(4,38)39)30-26(25)35(31-28)22-8-6-5-7-9-22/h10-13,18-19,22H,5-9,14-17H2,1-4H3,(H,32,36). The topological polar surface area (TPSA) is 127 Å². The Hall–Kier alpha value is -3.51. The molecule has 1 saturated heterocycles. The summed E-state index contributed by atoms with van der Waals surface area (Å²) in [7, 11) is -1.76. The number of nitrogens with one attached hydrogen (secondary N) is 1. The highest BCUT2D eigenvalue weighted by atomic mass is 32.2. The van der Waals surface area contributed by atoms with Gasteiger partial charge >= 0.3 is 0 Å². The second-order valence-electron chi connectivity index (χ2n) is 11.3. The van der Waals surface area contributed by atoms with Crippen molar-refractivity contribution in [1.29, 1.82) is 0 Å². The third-order valence-electron chi connectivity index (χ3n) is 7.64. The molecule has 1 saturated carbocycles. The van der Waals surface area contributed by atoms with Crippen LogP contribution in [-0.2, 0) is 10.0 Å². The molecule has 3 aromatic rings. The average molecular weight is 583 g/mol. The molecule has 0 spiro atoms. The molecule has 12 heteroatoms. The number of hydrogen-bond donors (Lipinski definition) is 1. The first-order chi connectivity index (χ1) is 19.5. The number of pyridine rings is 1. The Labute approximate surface area is 240 Å². The fourth-order valence-electron chi connectivity index (χ4n) is 5.54. The summed E-state index contributed by atoms with van der Waals surface area (Å²) in [6.45, 7) is 6.87. The van der Waals surface area contributed by atoms with Crippen LogP contribution in [0.15, 0.2) is 30.3 Å². The number of fused-ring (bicyclic) bond motifs is 1. The van der Waals surface area contributed by atoms with Crippen LogP contribution in [0.5, 0.6) is 5.88 Å². The molecule has 0 unspecified atom stereocenters. The molecule has 0 bridgehead atoms. The highest BCUT2D eigenvalue weighted by Crippen LogP contribution is 2.39. The van der Waals surface area contributed by atoms with Gasteiger partial charge in [0.2, 0.25) is 15.9 Å². The number of likely N-dealkylation sites (N-methyl/N-ethyl adjacent to an activating group) is 1. The van der Waals surface area contributed by atoms with E-state index in [2.05, 4.69) is 9.88 Å². The van der Waals surface area contributed by atoms with Crippen LogP contribution in [0.4, 0.5) is 0 Å². The average Bonchev–Trinajstić information content (AvgIpc) is 3.30. The number of hydrogen-bond acceptors (Lipinski definition) is 8. The van der Waals surface area contributed by atoms with Gasteiger partial charge in [-0.15, -0.1) is 5.10 Å². The van der Waals surface area contributed by atoms with E-state index >= 15 is 0 Å². The zero-order valence-electron chi connectivity index (χ0n) is 24.1. The number of rotatable bonds is 7. The van der Waals surface area contributed by atoms with Gasteiger partial charge in [-0.05, 0) is 57.5 Å². The van der Waals surface area contributed by atoms with Crippen molar-refractivity contribution >= 4 is 32.9 Å². The molecule has 1 aliphatic heterocycles. The highest BCUT2D eigenvalue weighted by Gasteiger charge is 2.28. The van der Waals surface area contributed by atoms with Crippen molar-refractivity contribution in [3.8, 4) is 17.0 Å². The van der Waals surface area contributed by atoms with Crippen LogP contribution >= 0.6 is 0 Å². The second kappa shape index (κ2) is 11.8. The summed E-state index contributed by atoms with van der Waals surface area (Å²) >= 11 is 0. The zero-order valence-corrected chi connectivity index (χ0v) is 24.9. The fraction of sp³-hybridized carbons (Fsp3) is 0.517. The molecule has 1 N–H and O–H groups in total. The van der Waals surface area contributed by atoms with E-state index in [1.54, 1.807) is 18.2 Å². The molecule has 2 amide bonds. The van der Waals surface area contributed by atoms with Crippen molar-refractivity contribution < 1.29 is 22.7 Å². The lowest BCUT2D eigenvalue weighted by molar-refractivity contribution is 0.0664. The maximum Gasteiger partial charge on any atom is 0.283 e. The summed E-state index contributed by atoms with van der Waals surface area (Å²) in [4.78, 5) is 34.9. The van der Waals surface area contributed by atoms with Gasteiger partial charge in [-0.3, -0.25) is 9.59 Å². The Balaban J connectivity index is 1.62. The van der Waals surface area contributed by atoms with E-state index in [9.17, 15) is 18.0 Å². The van der Waals surface area contributed by atoms with Crippen molar-refractivity contribution in [3.05, 3.63) is 41.6 Å². The number of amides is 2. The quantitative estimate of drug-likeness (QED) is 0.449. The van der Waals surface area contributed by atoms with Crippen LogP contribution in [0.25, 0.3) is 22.2 Å². The summed E-state index contributed by atoms with van der Waals surface area (Å²) < 4.78 is 33.8. The van der Waals surface area contributed by atoms with Crippen LogP contribution in [0, 0.1) is 0 Å². The van der Waals surface area contributed by atoms with Crippen LogP contribution < -0.4 is 9.46 Å². The highest BCUT2D eigenvalue weighted by molar-refractivity contribution is 7.89. The molecular weight excluding hydrogens is 544 g/mol. The molecule has 41 heavy (non-hydrogen) atoms. The zero-order chi connectivity index (χ0) is 29.3. The molecule has 0 radical (unpaired) electrons. The minimum absolute atomic E-state index is 0.0216. The van der Waals surface area contributed by atoms with E-state index in [1.807, 2.05) is 47.3 Å². The Morgan fingerprint density at radius 2 is 1.68 bits per heavy atom. The number of nitrogens with zero attached hydrogens (tertiary/aromatic N) is 5. The van der Waals surface area contributed by atoms with E-state index in [1.165, 1.54) is 0 Å². The van der Waals surface area contributed by atoms with Gasteiger partial charge < -0.3 is 14.5 Å². The summed E-state index contributed by atoms with van der Waals surface area (Å²) in [5.74, 6) is -0.428. The summed E-state index contributed by atoms with van der Waals surface area (Å²) in [6.07, 6.45) is 5.92. The summed E-state index contributed by atoms with van der Waals surface area (Å²) in [5, 5.41) is 5.50. The maximum absolute atomic E-state index is 13.2. The smallest absolute Gasteiger partial charge is 0.283 e. The third kappa shape index (κ3) is 6.54. The molecule has 0 atom stereocenters. The molecule has 2 aliphatic rings. The van der Waals surface area contributed by atoms with Crippen LogP contribution in [0.2, 0.25) is 0 Å². The lowest BCUT2D eigenvalue weighted by Crippen LogP contribution is -2.47. The van der Waals surface area contributed by atoms with E-state index in [-0.39, 0.29) is 23.7 Å². The number of carbonyl (C=O) groups is 2. The lowest BCUT2D eigenvalue weighted by atomic mass is 9.95. The Morgan fingerprint density at radius 1 is 1.02 bits per heavy atom. The molecule has 1 aliphatic carbocycles. The third-order valence-corrected chi connectivity index (χ3v) is 8.20. The summed E-state index contributed by atoms with van der Waals surface area (Å²) in [5.41, 5.74) is 2.38. The lowest BCUT2D eigenvalue weighted by Gasteiger charge is -2.32. The molecule has 3 heterocycles. The van der Waals surface area contributed by atoms with Crippen LogP contribution in [0.1, 0.15) is 72.8 Å². The first-order valence-corrected chi connectivity index (χ1v) is 16.1. The molecule has 220 valence electrons. The van der Waals surface area contributed by atoms with Crippen molar-refractivity contribution in [3.63, 3.8) is 0 Å². The number of aromatic nitrogens is 3. The molecular formula is C29H38N6O5S. The minimum atomic E-state index is -3.80. The number of carbonyl (C=O) groups excluding carboxylic acids is 2. The molecule has 11 nitrogen and oxygen atoms in total. The van der Waals surface area contributed by atoms with Crippen molar-refractivity contribution in [1.82, 2.24) is 29.3 Å². The Bertz CT molecular complexity index is 1540. The number of ether oxygens (including phenoxy) is 1. The first kappa shape index (κ1) is 29.0. The van der Waals surface area contributed by atoms with E-state index < -0.39 is 15.9 Å². The Morgan fingerprint density at radius 3 is 2.29 bits per heavy atom. The van der Waals surface area contributed by atoms with E-state index in [0.717, 1.165) is 57.0 Å².